The second-order valence-corrected chi connectivity index (χ2v) is 6.45. The van der Waals surface area contributed by atoms with Gasteiger partial charge in [0.1, 0.15) is 6.04 Å². The fourth-order valence-corrected chi connectivity index (χ4v) is 3.58. The molecule has 1 atom stereocenters. The minimum absolute atomic E-state index is 0.101. The topological polar surface area (TPSA) is 46.9 Å². The van der Waals surface area contributed by atoms with Gasteiger partial charge in [-0.15, -0.1) is 0 Å². The summed E-state index contributed by atoms with van der Waals surface area (Å²) in [7, 11) is 0. The smallest absolute Gasteiger partial charge is 0.253 e. The molecule has 4 aromatic rings. The molecule has 1 amide bonds. The van der Waals surface area contributed by atoms with Crippen molar-refractivity contribution in [2.45, 2.75) is 6.04 Å². The second kappa shape index (κ2) is 6.29. The Morgan fingerprint density at radius 3 is 2.42 bits per heavy atom. The van der Waals surface area contributed by atoms with Crippen LogP contribution in [0.2, 0.25) is 0 Å². The molecule has 2 aromatic carbocycles. The highest BCUT2D eigenvalue weighted by molar-refractivity contribution is 7.22. The Kier molecular flexibility index (Phi) is 3.84. The van der Waals surface area contributed by atoms with Crippen LogP contribution in [0.15, 0.2) is 79.1 Å². The highest BCUT2D eigenvalue weighted by Crippen LogP contribution is 2.27. The van der Waals surface area contributed by atoms with Gasteiger partial charge >= 0.3 is 0 Å². The molecule has 0 aliphatic heterocycles. The summed E-state index contributed by atoms with van der Waals surface area (Å²) in [5, 5.41) is 3.59. The highest BCUT2D eigenvalue weighted by atomic mass is 32.1. The van der Waals surface area contributed by atoms with E-state index >= 15 is 0 Å². The minimum Gasteiger partial charge on any atom is -0.338 e. The number of carbonyl (C=O) groups is 1. The molecule has 118 valence electrons. The van der Waals surface area contributed by atoms with Gasteiger partial charge in [0.05, 0.1) is 10.2 Å². The maximum Gasteiger partial charge on any atom is 0.253 e. The summed E-state index contributed by atoms with van der Waals surface area (Å²) >= 11 is 1.48. The van der Waals surface area contributed by atoms with Gasteiger partial charge in [-0.3, -0.25) is 10.1 Å². The minimum atomic E-state index is -0.423. The number of benzene rings is 2. The summed E-state index contributed by atoms with van der Waals surface area (Å²) in [5.74, 6) is -0.101. The van der Waals surface area contributed by atoms with E-state index in [0.29, 0.717) is 5.13 Å². The Labute approximate surface area is 143 Å². The molecule has 1 N–H and O–H groups in total. The number of anilines is 1. The third-order valence-corrected chi connectivity index (χ3v) is 4.77. The van der Waals surface area contributed by atoms with Gasteiger partial charge < -0.3 is 4.57 Å². The number of amides is 1. The molecule has 0 aliphatic rings. The van der Waals surface area contributed by atoms with Crippen molar-refractivity contribution >= 4 is 32.6 Å². The fraction of sp³-hybridized carbons (Fsp3) is 0.0526. The van der Waals surface area contributed by atoms with Crippen LogP contribution in [0.25, 0.3) is 10.2 Å². The van der Waals surface area contributed by atoms with E-state index in [1.807, 2.05) is 83.7 Å². The quantitative estimate of drug-likeness (QED) is 0.604. The first-order valence-corrected chi connectivity index (χ1v) is 8.47. The van der Waals surface area contributed by atoms with Crippen molar-refractivity contribution < 1.29 is 4.79 Å². The maximum atomic E-state index is 12.9. The molecule has 2 aromatic heterocycles. The van der Waals surface area contributed by atoms with Gasteiger partial charge in [0, 0.05) is 12.4 Å². The molecule has 4 nitrogen and oxygen atoms in total. The third-order valence-electron chi connectivity index (χ3n) is 3.81. The molecule has 0 bridgehead atoms. The van der Waals surface area contributed by atoms with Gasteiger partial charge in [0.25, 0.3) is 5.91 Å². The molecule has 0 spiro atoms. The van der Waals surface area contributed by atoms with E-state index in [9.17, 15) is 4.79 Å². The van der Waals surface area contributed by atoms with Gasteiger partial charge in [-0.05, 0) is 29.8 Å². The lowest BCUT2D eigenvalue weighted by Gasteiger charge is -2.18. The molecular weight excluding hydrogens is 318 g/mol. The zero-order valence-corrected chi connectivity index (χ0v) is 13.6. The van der Waals surface area contributed by atoms with E-state index in [-0.39, 0.29) is 5.91 Å². The zero-order valence-electron chi connectivity index (χ0n) is 12.8. The lowest BCUT2D eigenvalue weighted by atomic mass is 10.1. The number of nitrogens with one attached hydrogen (secondary N) is 1. The van der Waals surface area contributed by atoms with Crippen molar-refractivity contribution in [3.8, 4) is 0 Å². The van der Waals surface area contributed by atoms with Crippen molar-refractivity contribution in [3.63, 3.8) is 0 Å². The molecule has 5 heteroatoms. The number of aromatic nitrogens is 2. The lowest BCUT2D eigenvalue weighted by Crippen LogP contribution is -2.26. The summed E-state index contributed by atoms with van der Waals surface area (Å²) in [4.78, 5) is 17.4. The number of hydrogen-bond donors (Lipinski definition) is 1. The highest BCUT2D eigenvalue weighted by Gasteiger charge is 2.22. The molecule has 4 rings (SSSR count). The predicted octanol–water partition coefficient (Wildman–Crippen LogP) is 4.33. The van der Waals surface area contributed by atoms with Crippen LogP contribution < -0.4 is 5.32 Å². The summed E-state index contributed by atoms with van der Waals surface area (Å²) in [5.41, 5.74) is 1.84. The average molecular weight is 333 g/mol. The Balaban J connectivity index is 1.66. The van der Waals surface area contributed by atoms with E-state index < -0.39 is 6.04 Å². The van der Waals surface area contributed by atoms with Gasteiger partial charge in [-0.2, -0.15) is 0 Å². The van der Waals surface area contributed by atoms with Gasteiger partial charge in [-0.1, -0.05) is 53.8 Å². The van der Waals surface area contributed by atoms with Crippen LogP contribution in [-0.4, -0.2) is 15.5 Å². The standard InChI is InChI=1S/C19H15N3OS/c23-18(21-19-20-15-10-4-5-11-16(15)24-19)17(22-12-6-7-13-22)14-8-2-1-3-9-14/h1-13,17H,(H,20,21,23)/t17-/m0/s1. The summed E-state index contributed by atoms with van der Waals surface area (Å²) < 4.78 is 2.96. The number of rotatable bonds is 4. The molecule has 24 heavy (non-hydrogen) atoms. The lowest BCUT2D eigenvalue weighted by molar-refractivity contribution is -0.118. The van der Waals surface area contributed by atoms with Crippen molar-refractivity contribution in [1.82, 2.24) is 9.55 Å². The monoisotopic (exact) mass is 333 g/mol. The number of nitrogens with zero attached hydrogens (tertiary/aromatic N) is 2. The molecular formula is C19H15N3OS. The maximum absolute atomic E-state index is 12.9. The second-order valence-electron chi connectivity index (χ2n) is 5.42. The first-order chi connectivity index (χ1) is 11.8. The molecule has 0 aliphatic carbocycles. The number of hydrogen-bond acceptors (Lipinski definition) is 3. The average Bonchev–Trinajstić information content (AvgIpc) is 3.25. The Morgan fingerprint density at radius 1 is 0.958 bits per heavy atom. The van der Waals surface area contributed by atoms with E-state index in [1.54, 1.807) is 0 Å². The molecule has 0 saturated heterocycles. The summed E-state index contributed by atoms with van der Waals surface area (Å²) in [6.45, 7) is 0. The van der Waals surface area contributed by atoms with E-state index in [2.05, 4.69) is 10.3 Å². The fourth-order valence-electron chi connectivity index (χ4n) is 2.71. The van der Waals surface area contributed by atoms with Crippen LogP contribution in [0.5, 0.6) is 0 Å². The van der Waals surface area contributed by atoms with Crippen molar-refractivity contribution in [1.29, 1.82) is 0 Å². The predicted molar refractivity (Wildman–Crippen MR) is 97.3 cm³/mol. The molecule has 0 fully saturated rings. The molecule has 0 radical (unpaired) electrons. The van der Waals surface area contributed by atoms with Crippen LogP contribution in [-0.2, 0) is 4.79 Å². The Morgan fingerprint density at radius 2 is 1.67 bits per heavy atom. The molecule has 0 unspecified atom stereocenters. The Bertz CT molecular complexity index is 928. The largest absolute Gasteiger partial charge is 0.338 e. The number of carbonyl (C=O) groups excluding carboxylic acids is 1. The van der Waals surface area contributed by atoms with Crippen LogP contribution in [0.1, 0.15) is 11.6 Å². The zero-order chi connectivity index (χ0) is 16.4. The van der Waals surface area contributed by atoms with Crippen LogP contribution in [0.3, 0.4) is 0 Å². The first kappa shape index (κ1) is 14.7. The van der Waals surface area contributed by atoms with E-state index in [4.69, 9.17) is 0 Å². The van der Waals surface area contributed by atoms with Crippen LogP contribution in [0.4, 0.5) is 5.13 Å². The number of fused-ring (bicyclic) bond motifs is 1. The number of para-hydroxylation sites is 1. The van der Waals surface area contributed by atoms with Crippen molar-refractivity contribution in [3.05, 3.63) is 84.7 Å². The SMILES string of the molecule is O=C(Nc1nc2ccccc2s1)[C@H](c1ccccc1)n1cccc1. The van der Waals surface area contributed by atoms with Crippen molar-refractivity contribution in [2.24, 2.45) is 0 Å². The van der Waals surface area contributed by atoms with Crippen LogP contribution >= 0.6 is 11.3 Å². The van der Waals surface area contributed by atoms with Gasteiger partial charge in [-0.25, -0.2) is 4.98 Å². The van der Waals surface area contributed by atoms with Crippen molar-refractivity contribution in [2.75, 3.05) is 5.32 Å². The van der Waals surface area contributed by atoms with Crippen LogP contribution in [0, 0.1) is 0 Å². The third kappa shape index (κ3) is 2.81. The van der Waals surface area contributed by atoms with E-state index in [0.717, 1.165) is 15.8 Å². The first-order valence-electron chi connectivity index (χ1n) is 7.65. The van der Waals surface area contributed by atoms with Gasteiger partial charge in [0.2, 0.25) is 0 Å². The van der Waals surface area contributed by atoms with Gasteiger partial charge in [0.15, 0.2) is 5.13 Å². The normalized spacial score (nSPS) is 12.2. The molecule has 0 saturated carbocycles. The number of thiazole rings is 1. The molecule has 2 heterocycles. The summed E-state index contributed by atoms with van der Waals surface area (Å²) in [6.07, 6.45) is 3.80. The summed E-state index contributed by atoms with van der Waals surface area (Å²) in [6, 6.07) is 21.0. The van der Waals surface area contributed by atoms with E-state index in [1.165, 1.54) is 11.3 Å². The Hall–Kier alpha value is -2.92.